The quantitative estimate of drug-likeness (QED) is 0.757. The van der Waals surface area contributed by atoms with Crippen LogP contribution in [0.15, 0.2) is 47.5 Å². The van der Waals surface area contributed by atoms with E-state index < -0.39 is 10.0 Å². The first kappa shape index (κ1) is 20.3. The Kier molecular flexibility index (Phi) is 5.90. The molecule has 6 nitrogen and oxygen atoms in total. The highest BCUT2D eigenvalue weighted by molar-refractivity contribution is 7.89. The van der Waals surface area contributed by atoms with Crippen LogP contribution in [0.1, 0.15) is 42.9 Å². The minimum Gasteiger partial charge on any atom is -0.350 e. The molecule has 1 aliphatic heterocycles. The first-order chi connectivity index (χ1) is 13.9. The molecule has 1 N–H and O–H groups in total. The van der Waals surface area contributed by atoms with Gasteiger partial charge in [-0.05, 0) is 67.5 Å². The number of sulfonamides is 1. The second-order valence-electron chi connectivity index (χ2n) is 7.71. The largest absolute Gasteiger partial charge is 0.350 e. The number of benzene rings is 1. The van der Waals surface area contributed by atoms with Crippen LogP contribution in [-0.2, 0) is 21.4 Å². The number of nitrogens with zero attached hydrogens (tertiary/aromatic N) is 2. The first-order valence-corrected chi connectivity index (χ1v) is 11.7. The van der Waals surface area contributed by atoms with Crippen molar-refractivity contribution in [1.82, 2.24) is 14.6 Å². The third-order valence-corrected chi connectivity index (χ3v) is 7.67. The second-order valence-corrected chi connectivity index (χ2v) is 10.1. The summed E-state index contributed by atoms with van der Waals surface area (Å²) in [4.78, 5) is 16.9. The fourth-order valence-electron chi connectivity index (χ4n) is 3.72. The minimum absolute atomic E-state index is 0.0496. The van der Waals surface area contributed by atoms with Crippen molar-refractivity contribution in [3.8, 4) is 0 Å². The average molecular weight is 434 g/mol. The molecule has 1 saturated carbocycles. The standard InChI is InChI=1S/C21H24ClN3O3S/c22-18-11-17(15-4-5-15)12-20(13-18)29(27,28)25-9-6-16(7-10-25)21(26)24-14-19-3-1-2-8-23-19/h1-3,8,11-13,15-16H,4-7,9-10,14H2,(H,24,26). The zero-order chi connectivity index (χ0) is 20.4. The Morgan fingerprint density at radius 3 is 2.55 bits per heavy atom. The molecule has 1 saturated heterocycles. The van der Waals surface area contributed by atoms with Gasteiger partial charge in [0.05, 0.1) is 17.1 Å². The Morgan fingerprint density at radius 1 is 1.14 bits per heavy atom. The van der Waals surface area contributed by atoms with Gasteiger partial charge in [0.1, 0.15) is 0 Å². The van der Waals surface area contributed by atoms with Crippen LogP contribution in [0.4, 0.5) is 0 Å². The zero-order valence-electron chi connectivity index (χ0n) is 16.1. The van der Waals surface area contributed by atoms with Crippen molar-refractivity contribution in [2.45, 2.75) is 43.0 Å². The second kappa shape index (κ2) is 8.42. The molecular weight excluding hydrogens is 410 g/mol. The molecule has 2 aromatic rings. The number of carbonyl (C=O) groups excluding carboxylic acids is 1. The molecule has 0 bridgehead atoms. The summed E-state index contributed by atoms with van der Waals surface area (Å²) in [5.74, 6) is 0.189. The van der Waals surface area contributed by atoms with Gasteiger partial charge >= 0.3 is 0 Å². The topological polar surface area (TPSA) is 79.4 Å². The molecule has 0 atom stereocenters. The van der Waals surface area contributed by atoms with Gasteiger partial charge in [-0.25, -0.2) is 8.42 Å². The lowest BCUT2D eigenvalue weighted by Gasteiger charge is -2.30. The Morgan fingerprint density at radius 2 is 1.90 bits per heavy atom. The highest BCUT2D eigenvalue weighted by atomic mass is 35.5. The number of rotatable bonds is 6. The van der Waals surface area contributed by atoms with Gasteiger partial charge in [0.15, 0.2) is 0 Å². The number of nitrogens with one attached hydrogen (secondary N) is 1. The molecule has 2 fully saturated rings. The summed E-state index contributed by atoms with van der Waals surface area (Å²) < 4.78 is 27.6. The van der Waals surface area contributed by atoms with E-state index in [0.717, 1.165) is 24.1 Å². The van der Waals surface area contributed by atoms with Crippen molar-refractivity contribution in [3.05, 3.63) is 58.9 Å². The van der Waals surface area contributed by atoms with Crippen molar-refractivity contribution in [1.29, 1.82) is 0 Å². The van der Waals surface area contributed by atoms with Gasteiger partial charge < -0.3 is 5.32 Å². The summed E-state index contributed by atoms with van der Waals surface area (Å²) in [6.45, 7) is 1.04. The highest BCUT2D eigenvalue weighted by Crippen LogP contribution is 2.42. The van der Waals surface area contributed by atoms with Crippen LogP contribution in [0.25, 0.3) is 0 Å². The van der Waals surface area contributed by atoms with Gasteiger partial charge in [-0.15, -0.1) is 0 Å². The number of pyridine rings is 1. The monoisotopic (exact) mass is 433 g/mol. The van der Waals surface area contributed by atoms with Crippen LogP contribution in [0.2, 0.25) is 5.02 Å². The van der Waals surface area contributed by atoms with E-state index in [0.29, 0.717) is 43.4 Å². The van der Waals surface area contributed by atoms with Crippen molar-refractivity contribution < 1.29 is 13.2 Å². The molecule has 1 aromatic heterocycles. The van der Waals surface area contributed by atoms with E-state index in [2.05, 4.69) is 10.3 Å². The lowest BCUT2D eigenvalue weighted by atomic mass is 9.97. The van der Waals surface area contributed by atoms with Crippen molar-refractivity contribution >= 4 is 27.5 Å². The van der Waals surface area contributed by atoms with Crippen LogP contribution in [0.3, 0.4) is 0 Å². The molecule has 0 spiro atoms. The summed E-state index contributed by atoms with van der Waals surface area (Å²) >= 11 is 6.18. The molecule has 154 valence electrons. The molecular formula is C21H24ClN3O3S. The first-order valence-electron chi connectivity index (χ1n) is 9.92. The number of hydrogen-bond donors (Lipinski definition) is 1. The Labute approximate surface area is 176 Å². The Bertz CT molecular complexity index is 985. The summed E-state index contributed by atoms with van der Waals surface area (Å²) in [7, 11) is -3.61. The molecule has 1 aromatic carbocycles. The minimum atomic E-state index is -3.61. The van der Waals surface area contributed by atoms with E-state index in [9.17, 15) is 13.2 Å². The van der Waals surface area contributed by atoms with Crippen molar-refractivity contribution in [2.24, 2.45) is 5.92 Å². The number of amides is 1. The van der Waals surface area contributed by atoms with Crippen molar-refractivity contribution in [3.63, 3.8) is 0 Å². The molecule has 2 aliphatic rings. The van der Waals surface area contributed by atoms with E-state index >= 15 is 0 Å². The van der Waals surface area contributed by atoms with Gasteiger partial charge in [0.25, 0.3) is 0 Å². The van der Waals surface area contributed by atoms with Gasteiger partial charge in [-0.2, -0.15) is 4.31 Å². The maximum Gasteiger partial charge on any atom is 0.243 e. The fraction of sp³-hybridized carbons (Fsp3) is 0.429. The lowest BCUT2D eigenvalue weighted by molar-refractivity contribution is -0.126. The predicted octanol–water partition coefficient (Wildman–Crippen LogP) is 3.33. The Balaban J connectivity index is 1.37. The number of hydrogen-bond acceptors (Lipinski definition) is 4. The zero-order valence-corrected chi connectivity index (χ0v) is 17.6. The van der Waals surface area contributed by atoms with Crippen LogP contribution in [-0.4, -0.2) is 36.7 Å². The fourth-order valence-corrected chi connectivity index (χ4v) is 5.58. The molecule has 1 aliphatic carbocycles. The normalized spacial score (nSPS) is 18.5. The van der Waals surface area contributed by atoms with Gasteiger partial charge in [-0.1, -0.05) is 17.7 Å². The van der Waals surface area contributed by atoms with Crippen LogP contribution in [0.5, 0.6) is 0 Å². The molecule has 2 heterocycles. The van der Waals surface area contributed by atoms with Crippen LogP contribution < -0.4 is 5.32 Å². The van der Waals surface area contributed by atoms with E-state index in [1.807, 2.05) is 24.3 Å². The number of aromatic nitrogens is 1. The van der Waals surface area contributed by atoms with Gasteiger partial charge in [-0.3, -0.25) is 9.78 Å². The third-order valence-electron chi connectivity index (χ3n) is 5.57. The SMILES string of the molecule is O=C(NCc1ccccn1)C1CCN(S(=O)(=O)c2cc(Cl)cc(C3CC3)c2)CC1. The number of carbonyl (C=O) groups is 1. The van der Waals surface area contributed by atoms with Crippen molar-refractivity contribution in [2.75, 3.05) is 13.1 Å². The summed E-state index contributed by atoms with van der Waals surface area (Å²) in [5, 5.41) is 3.36. The maximum absolute atomic E-state index is 13.1. The summed E-state index contributed by atoms with van der Waals surface area (Å²) in [6, 6.07) is 10.7. The smallest absolute Gasteiger partial charge is 0.243 e. The predicted molar refractivity (Wildman–Crippen MR) is 111 cm³/mol. The average Bonchev–Trinajstić information content (AvgIpc) is 3.58. The molecule has 0 radical (unpaired) electrons. The molecule has 4 rings (SSSR count). The van der Waals surface area contributed by atoms with Crippen LogP contribution >= 0.6 is 11.6 Å². The third kappa shape index (κ3) is 4.79. The maximum atomic E-state index is 13.1. The number of piperidine rings is 1. The molecule has 8 heteroatoms. The summed E-state index contributed by atoms with van der Waals surface area (Å²) in [5.41, 5.74) is 1.80. The lowest BCUT2D eigenvalue weighted by Crippen LogP contribution is -2.42. The van der Waals surface area contributed by atoms with Gasteiger partial charge in [0, 0.05) is 30.2 Å². The van der Waals surface area contributed by atoms with Gasteiger partial charge in [0.2, 0.25) is 15.9 Å². The highest BCUT2D eigenvalue weighted by Gasteiger charge is 2.33. The van der Waals surface area contributed by atoms with E-state index in [1.54, 1.807) is 12.3 Å². The summed E-state index contributed by atoms with van der Waals surface area (Å²) in [6.07, 6.45) is 4.86. The van der Waals surface area contributed by atoms with E-state index in [-0.39, 0.29) is 16.7 Å². The Hall–Kier alpha value is -1.96. The van der Waals surface area contributed by atoms with E-state index in [1.165, 1.54) is 10.4 Å². The number of halogens is 1. The molecule has 0 unspecified atom stereocenters. The molecule has 29 heavy (non-hydrogen) atoms. The molecule has 1 amide bonds. The van der Waals surface area contributed by atoms with Crippen LogP contribution in [0, 0.1) is 5.92 Å². The van der Waals surface area contributed by atoms with E-state index in [4.69, 9.17) is 11.6 Å².